The molecule has 5 amide bonds. The van der Waals surface area contributed by atoms with Crippen LogP contribution in [0.5, 0.6) is 11.5 Å². The van der Waals surface area contributed by atoms with E-state index in [0.717, 1.165) is 47.1 Å². The standard InChI is InChI=1S/C67H89N5O26/c1-38(73)31-52-55(34-88-41(4)76)97-64(59(70-39(2)74)61(52)94-43(6)78)90-36-57(83)68-29-15-14-19-53(72-58(84)37-91-65-60(71-40(3)75)63(96-45(8)80)62(95-44(7)79)56(98-65)35-89-42(5)77)54(82)20-16-30-69-66(85)92-32-49(81)33-93-67(46-17-12-11-13-18-46,47-21-25-50(86-9)26-22-47)48-23-27-51(87-10)28-24-48/h11-13,17-18,21-28,49,52-53,55-56,59-65,81H,14-16,19-20,29-37H2,1-10H3,(H,68,83)(H,69,85)(H,70,74)(H,71,75)(H,72,84)/t49-,52-,53-,55+,56+,59+,60+,61-,62-,63+,64+,65+/m0/s1. The third-order valence-corrected chi connectivity index (χ3v) is 15.2. The van der Waals surface area contributed by atoms with Gasteiger partial charge in [-0.1, -0.05) is 54.6 Å². The van der Waals surface area contributed by atoms with E-state index in [1.54, 1.807) is 38.5 Å². The molecule has 3 aromatic rings. The number of methoxy groups -OCH3 is 2. The number of benzene rings is 3. The van der Waals surface area contributed by atoms with Crippen molar-refractivity contribution in [3.8, 4) is 11.5 Å². The minimum Gasteiger partial charge on any atom is -0.497 e. The number of nitrogens with one attached hydrogen (secondary N) is 5. The van der Waals surface area contributed by atoms with Gasteiger partial charge in [-0.2, -0.15) is 0 Å². The highest BCUT2D eigenvalue weighted by Gasteiger charge is 2.52. The van der Waals surface area contributed by atoms with Crippen LogP contribution >= 0.6 is 0 Å². The highest BCUT2D eigenvalue weighted by molar-refractivity contribution is 5.89. The second kappa shape index (κ2) is 39.9. The molecule has 2 fully saturated rings. The smallest absolute Gasteiger partial charge is 0.407 e. The van der Waals surface area contributed by atoms with Crippen LogP contribution in [0.3, 0.4) is 0 Å². The maximum atomic E-state index is 14.1. The van der Waals surface area contributed by atoms with Gasteiger partial charge in [0.05, 0.1) is 26.9 Å². The summed E-state index contributed by atoms with van der Waals surface area (Å²) in [6, 6.07) is 20.0. The predicted molar refractivity (Wildman–Crippen MR) is 340 cm³/mol. The Labute approximate surface area is 566 Å². The van der Waals surface area contributed by atoms with Gasteiger partial charge in [-0.15, -0.1) is 0 Å². The van der Waals surface area contributed by atoms with Crippen LogP contribution in [0.2, 0.25) is 0 Å². The molecular weight excluding hydrogens is 1290 g/mol. The van der Waals surface area contributed by atoms with Crippen LogP contribution in [0.4, 0.5) is 4.79 Å². The van der Waals surface area contributed by atoms with Gasteiger partial charge < -0.3 is 98.1 Å². The number of ether oxygens (including phenoxy) is 13. The van der Waals surface area contributed by atoms with Gasteiger partial charge in [-0.3, -0.25) is 47.9 Å². The van der Waals surface area contributed by atoms with E-state index >= 15 is 0 Å². The number of carbonyl (C=O) groups excluding carboxylic acids is 12. The molecule has 0 aromatic heterocycles. The van der Waals surface area contributed by atoms with Crippen LogP contribution in [-0.2, 0) is 110 Å². The minimum absolute atomic E-state index is 0.00532. The molecule has 2 heterocycles. The third-order valence-electron chi connectivity index (χ3n) is 15.2. The summed E-state index contributed by atoms with van der Waals surface area (Å²) in [5.74, 6) is -7.30. The van der Waals surface area contributed by atoms with Gasteiger partial charge in [0.25, 0.3) is 0 Å². The molecule has 31 nitrogen and oxygen atoms in total. The molecule has 12 atom stereocenters. The number of aliphatic hydroxyl groups is 1. The molecule has 2 aliphatic heterocycles. The first kappa shape index (κ1) is 79.5. The zero-order valence-electron chi connectivity index (χ0n) is 56.5. The molecule has 0 saturated carbocycles. The SMILES string of the molecule is COc1ccc(C(OC[C@@H](O)COC(=O)NCCCC(=O)[C@H](CCCCNC(=O)CO[C@@H]2O[C@H](COC(C)=O)[C@H](CC(C)=O)[C@H](OC(C)=O)[C@H]2NC(C)=O)NC(=O)CO[C@@H]2O[C@H](COC(C)=O)[C@H](OC(C)=O)[C@H](OC(C)=O)[C@H]2NC(C)=O)(c2ccccc2)c2ccc(OC)cc2)cc1. The van der Waals surface area contributed by atoms with Gasteiger partial charge in [0, 0.05) is 80.3 Å². The normalized spacial score (nSPS) is 21.0. The largest absolute Gasteiger partial charge is 0.497 e. The molecule has 0 unspecified atom stereocenters. The van der Waals surface area contributed by atoms with Crippen LogP contribution in [0.25, 0.3) is 0 Å². The van der Waals surface area contributed by atoms with Crippen LogP contribution in [0.15, 0.2) is 78.9 Å². The first-order valence-corrected chi connectivity index (χ1v) is 31.7. The fourth-order valence-electron chi connectivity index (χ4n) is 11.1. The Hall–Kier alpha value is -9.14. The van der Waals surface area contributed by atoms with Gasteiger partial charge in [-0.25, -0.2) is 4.79 Å². The van der Waals surface area contributed by atoms with E-state index in [4.69, 9.17) is 61.6 Å². The summed E-state index contributed by atoms with van der Waals surface area (Å²) in [6.45, 7) is 5.69. The molecule has 2 aliphatic rings. The van der Waals surface area contributed by atoms with Crippen molar-refractivity contribution < 1.29 is 124 Å². The Morgan fingerprint density at radius 3 is 1.54 bits per heavy atom. The number of hydrogen-bond donors (Lipinski definition) is 6. The fourth-order valence-corrected chi connectivity index (χ4v) is 11.1. The number of esters is 5. The van der Waals surface area contributed by atoms with Crippen molar-refractivity contribution in [2.24, 2.45) is 5.92 Å². The van der Waals surface area contributed by atoms with Crippen molar-refractivity contribution in [3.63, 3.8) is 0 Å². The molecule has 538 valence electrons. The summed E-state index contributed by atoms with van der Waals surface area (Å²) in [6.07, 6.45) is -12.0. The Kier molecular flexibility index (Phi) is 32.4. The maximum Gasteiger partial charge on any atom is 0.407 e. The molecule has 5 rings (SSSR count). The molecule has 0 aliphatic carbocycles. The Morgan fingerprint density at radius 1 is 0.531 bits per heavy atom. The molecule has 3 aromatic carbocycles. The lowest BCUT2D eigenvalue weighted by molar-refractivity contribution is -0.276. The van der Waals surface area contributed by atoms with Crippen molar-refractivity contribution in [1.82, 2.24) is 26.6 Å². The Morgan fingerprint density at radius 2 is 1.02 bits per heavy atom. The van der Waals surface area contributed by atoms with E-state index in [2.05, 4.69) is 26.6 Å². The van der Waals surface area contributed by atoms with Gasteiger partial charge >= 0.3 is 35.9 Å². The first-order chi connectivity index (χ1) is 46.6. The average molecular weight is 1380 g/mol. The molecule has 0 bridgehead atoms. The molecule has 31 heteroatoms. The van der Waals surface area contributed by atoms with E-state index in [1.165, 1.54) is 13.8 Å². The van der Waals surface area contributed by atoms with Gasteiger partial charge in [0.1, 0.15) is 92.4 Å². The number of Topliss-reactive ketones (excluding diaryl/α,β-unsaturated/α-hetero) is 2. The third kappa shape index (κ3) is 25.4. The molecule has 2 saturated heterocycles. The van der Waals surface area contributed by atoms with Gasteiger partial charge in [0.2, 0.25) is 23.6 Å². The number of aliphatic hydroxyl groups excluding tert-OH is 1. The average Bonchev–Trinajstić information content (AvgIpc) is 0.764. The first-order valence-electron chi connectivity index (χ1n) is 31.7. The van der Waals surface area contributed by atoms with Crippen LogP contribution in [0.1, 0.15) is 111 Å². The highest BCUT2D eigenvalue weighted by atomic mass is 16.7. The lowest BCUT2D eigenvalue weighted by Gasteiger charge is -2.45. The number of ketones is 2. The lowest BCUT2D eigenvalue weighted by Crippen LogP contribution is -2.66. The van der Waals surface area contributed by atoms with E-state index in [1.807, 2.05) is 54.6 Å². The number of hydrogen-bond acceptors (Lipinski definition) is 26. The summed E-state index contributed by atoms with van der Waals surface area (Å²) < 4.78 is 73.6. The second-order valence-electron chi connectivity index (χ2n) is 23.1. The number of amides is 5. The minimum atomic E-state index is -1.63. The molecular formula is C67H89N5O26. The fraction of sp³-hybridized carbons (Fsp3) is 0.552. The van der Waals surface area contributed by atoms with Crippen molar-refractivity contribution in [1.29, 1.82) is 0 Å². The van der Waals surface area contributed by atoms with Crippen molar-refractivity contribution >= 4 is 71.1 Å². The summed E-state index contributed by atoms with van der Waals surface area (Å²) in [5.41, 5.74) is 0.844. The second-order valence-corrected chi connectivity index (χ2v) is 23.1. The van der Waals surface area contributed by atoms with E-state index in [-0.39, 0.29) is 64.0 Å². The van der Waals surface area contributed by atoms with Crippen LogP contribution in [-0.4, -0.2) is 211 Å². The number of carbonyl (C=O) groups is 12. The molecule has 98 heavy (non-hydrogen) atoms. The quantitative estimate of drug-likeness (QED) is 0.0207. The van der Waals surface area contributed by atoms with E-state index in [0.29, 0.717) is 22.6 Å². The van der Waals surface area contributed by atoms with Gasteiger partial charge in [0.15, 0.2) is 30.6 Å². The topological polar surface area (TPSA) is 405 Å². The summed E-state index contributed by atoms with van der Waals surface area (Å²) in [7, 11) is 3.10. The number of alkyl carbamates (subject to hydrolysis) is 1. The summed E-state index contributed by atoms with van der Waals surface area (Å²) in [5, 5.41) is 24.3. The number of rotatable bonds is 38. The van der Waals surface area contributed by atoms with Crippen molar-refractivity contribution in [3.05, 3.63) is 95.6 Å². The molecule has 0 spiro atoms. The van der Waals surface area contributed by atoms with E-state index in [9.17, 15) is 62.6 Å². The van der Waals surface area contributed by atoms with Crippen molar-refractivity contribution in [2.75, 3.05) is 67.0 Å². The van der Waals surface area contributed by atoms with E-state index < -0.39 is 177 Å². The monoisotopic (exact) mass is 1380 g/mol. The molecule has 0 radical (unpaired) electrons. The summed E-state index contributed by atoms with van der Waals surface area (Å²) in [4.78, 5) is 152. The predicted octanol–water partition coefficient (Wildman–Crippen LogP) is 2.23. The summed E-state index contributed by atoms with van der Waals surface area (Å²) >= 11 is 0. The zero-order valence-corrected chi connectivity index (χ0v) is 56.5. The Bertz CT molecular complexity index is 3120. The maximum absolute atomic E-state index is 14.1. The van der Waals surface area contributed by atoms with Crippen LogP contribution in [0, 0.1) is 5.92 Å². The highest BCUT2D eigenvalue weighted by Crippen LogP contribution is 2.42. The Balaban J connectivity index is 1.26. The van der Waals surface area contributed by atoms with Gasteiger partial charge in [-0.05, 0) is 73.6 Å². The van der Waals surface area contributed by atoms with Crippen molar-refractivity contribution in [2.45, 2.75) is 167 Å². The number of unbranched alkanes of at least 4 members (excludes halogenated alkanes) is 1. The van der Waals surface area contributed by atoms with Crippen LogP contribution < -0.4 is 36.1 Å². The lowest BCUT2D eigenvalue weighted by atomic mass is 9.80. The molecule has 6 N–H and O–H groups in total. The zero-order chi connectivity index (χ0) is 72.1.